The molecule has 0 radical (unpaired) electrons. The lowest BCUT2D eigenvalue weighted by Gasteiger charge is -2.34. The molecule has 2 fully saturated rings. The van der Waals surface area contributed by atoms with Crippen molar-refractivity contribution in [3.05, 3.63) is 46.2 Å². The van der Waals surface area contributed by atoms with Crippen LogP contribution in [-0.2, 0) is 29.7 Å². The van der Waals surface area contributed by atoms with Crippen molar-refractivity contribution in [3.63, 3.8) is 0 Å². The summed E-state index contributed by atoms with van der Waals surface area (Å²) in [7, 11) is -4.57. The van der Waals surface area contributed by atoms with Crippen molar-refractivity contribution in [1.82, 2.24) is 24.8 Å². The van der Waals surface area contributed by atoms with Crippen molar-refractivity contribution in [2.75, 3.05) is 18.1 Å². The SMILES string of the molecule is Nc1nc2c(nc(SCCCCC(=O)NCc3ccccc3)n2[C@@H]2OC3COP(=O)([O-])O[C@H]3C2O)c(=O)[nH]1.[H+]. The number of imidazole rings is 1. The van der Waals surface area contributed by atoms with Gasteiger partial charge in [-0.05, 0) is 18.4 Å². The molecule has 3 unspecified atom stereocenters. The van der Waals surface area contributed by atoms with Crippen LogP contribution in [0.1, 0.15) is 32.5 Å². The van der Waals surface area contributed by atoms with E-state index in [1.807, 2.05) is 30.3 Å². The summed E-state index contributed by atoms with van der Waals surface area (Å²) in [5.41, 5.74) is 6.24. The Balaban J connectivity index is 0.00000353. The van der Waals surface area contributed by atoms with Gasteiger partial charge in [-0.3, -0.25) is 23.7 Å². The van der Waals surface area contributed by atoms with Gasteiger partial charge in [0, 0.05) is 18.7 Å². The zero-order chi connectivity index (χ0) is 26.9. The van der Waals surface area contributed by atoms with E-state index in [2.05, 4.69) is 20.3 Å². The van der Waals surface area contributed by atoms with Crippen molar-refractivity contribution in [2.24, 2.45) is 0 Å². The van der Waals surface area contributed by atoms with Gasteiger partial charge in [0.05, 0.1) is 6.61 Å². The monoisotopic (exact) mass is 566 g/mol. The van der Waals surface area contributed by atoms with E-state index >= 15 is 0 Å². The number of aromatic amines is 1. The molecule has 0 bridgehead atoms. The number of fused-ring (bicyclic) bond motifs is 2. The van der Waals surface area contributed by atoms with Crippen LogP contribution in [0.4, 0.5) is 5.95 Å². The van der Waals surface area contributed by atoms with Gasteiger partial charge in [-0.2, -0.15) is 4.98 Å². The van der Waals surface area contributed by atoms with Gasteiger partial charge in [-0.25, -0.2) is 4.98 Å². The number of thioether (sulfide) groups is 1. The van der Waals surface area contributed by atoms with E-state index in [9.17, 15) is 24.2 Å². The lowest BCUT2D eigenvalue weighted by molar-refractivity contribution is -0.245. The fourth-order valence-electron chi connectivity index (χ4n) is 4.29. The van der Waals surface area contributed by atoms with Crippen molar-refractivity contribution in [2.45, 2.75) is 55.5 Å². The van der Waals surface area contributed by atoms with Crippen LogP contribution < -0.4 is 21.5 Å². The molecule has 1 amide bonds. The first-order valence-corrected chi connectivity index (χ1v) is 14.3. The Morgan fingerprint density at radius 2 is 2.13 bits per heavy atom. The number of nitrogen functional groups attached to an aromatic ring is 1. The molecule has 0 aliphatic carbocycles. The van der Waals surface area contributed by atoms with Crippen molar-refractivity contribution in [1.29, 1.82) is 0 Å². The smallest absolute Gasteiger partial charge is 0.756 e. The number of ether oxygens (including phenoxy) is 1. The molecule has 2 saturated heterocycles. The largest absolute Gasteiger partial charge is 1.00 e. The number of unbranched alkanes of at least 4 members (excludes halogenated alkanes) is 1. The number of H-pyrrole nitrogens is 1. The van der Waals surface area contributed by atoms with E-state index in [0.717, 1.165) is 5.56 Å². The molecule has 2 aliphatic heterocycles. The average Bonchev–Trinajstić information content (AvgIpc) is 3.39. The van der Waals surface area contributed by atoms with Crippen LogP contribution in [0.15, 0.2) is 40.3 Å². The summed E-state index contributed by atoms with van der Waals surface area (Å²) in [5.74, 6) is 0.323. The maximum Gasteiger partial charge on any atom is 1.00 e. The molecule has 16 heteroatoms. The summed E-state index contributed by atoms with van der Waals surface area (Å²) < 4.78 is 28.7. The van der Waals surface area contributed by atoms with E-state index in [0.29, 0.717) is 36.7 Å². The Hall–Kier alpha value is -2.78. The highest BCUT2D eigenvalue weighted by Crippen LogP contribution is 2.50. The number of nitrogens with one attached hydrogen (secondary N) is 2. The summed E-state index contributed by atoms with van der Waals surface area (Å²) >= 11 is 1.28. The molecule has 2 aliphatic rings. The van der Waals surface area contributed by atoms with Crippen LogP contribution in [0, 0.1) is 0 Å². The molecule has 3 aromatic rings. The number of phosphoric ester groups is 1. The standard InChI is InChI=1S/C22H27N6O8PS/c23-21-26-18-15(19(31)27-21)25-22(28(18)20-16(30)17-13(35-20)11-34-37(32,33)36-17)38-9-5-4-8-14(29)24-10-12-6-2-1-3-7-12/h1-3,6-7,13,16-17,20,30H,4-5,8-11H2,(H,24,29)(H,32,33)(H3,23,26,27,31)/t13?,16?,17-,20-/m1/s1. The second-order valence-corrected chi connectivity index (χ2v) is 11.2. The van der Waals surface area contributed by atoms with E-state index < -0.39 is 37.9 Å². The summed E-state index contributed by atoms with van der Waals surface area (Å²) in [6.45, 7) is 0.141. The third-order valence-electron chi connectivity index (χ3n) is 6.11. The van der Waals surface area contributed by atoms with Gasteiger partial charge in [0.25, 0.3) is 13.4 Å². The molecule has 0 spiro atoms. The van der Waals surface area contributed by atoms with Gasteiger partial charge in [-0.15, -0.1) is 0 Å². The van der Waals surface area contributed by atoms with E-state index in [1.54, 1.807) is 0 Å². The number of carbonyl (C=O) groups is 1. The fraction of sp³-hybridized carbons (Fsp3) is 0.455. The van der Waals surface area contributed by atoms with Crippen molar-refractivity contribution >= 4 is 42.6 Å². The first kappa shape index (κ1) is 26.8. The summed E-state index contributed by atoms with van der Waals surface area (Å²) in [6.07, 6.45) is -3.00. The van der Waals surface area contributed by atoms with E-state index in [-0.39, 0.29) is 31.1 Å². The minimum absolute atomic E-state index is 0. The summed E-state index contributed by atoms with van der Waals surface area (Å²) in [4.78, 5) is 47.3. The van der Waals surface area contributed by atoms with E-state index in [4.69, 9.17) is 19.5 Å². The molecule has 5 N–H and O–H groups in total. The summed E-state index contributed by atoms with van der Waals surface area (Å²) in [5, 5.41) is 14.1. The number of anilines is 1. The first-order chi connectivity index (χ1) is 18.2. The Kier molecular flexibility index (Phi) is 7.86. The molecule has 38 heavy (non-hydrogen) atoms. The fourth-order valence-corrected chi connectivity index (χ4v) is 6.25. The van der Waals surface area contributed by atoms with Crippen molar-refractivity contribution < 1.29 is 34.6 Å². The molecule has 0 saturated carbocycles. The third kappa shape index (κ3) is 5.78. The molecule has 204 valence electrons. The normalized spacial score (nSPS) is 26.9. The number of hydrogen-bond acceptors (Lipinski definition) is 12. The van der Waals surface area contributed by atoms with E-state index in [1.165, 1.54) is 16.3 Å². The number of benzene rings is 1. The predicted molar refractivity (Wildman–Crippen MR) is 135 cm³/mol. The van der Waals surface area contributed by atoms with Crippen molar-refractivity contribution in [3.8, 4) is 0 Å². The van der Waals surface area contributed by atoms with Crippen LogP contribution in [0.5, 0.6) is 0 Å². The molecule has 4 heterocycles. The highest BCUT2D eigenvalue weighted by molar-refractivity contribution is 7.99. The Bertz CT molecular complexity index is 1420. The number of carbonyl (C=O) groups excluding carboxylic acids is 1. The number of aliphatic hydroxyl groups is 1. The number of nitrogens with two attached hydrogens (primary N) is 1. The van der Waals surface area contributed by atoms with Crippen LogP contribution in [-0.4, -0.2) is 61.2 Å². The Morgan fingerprint density at radius 1 is 1.34 bits per heavy atom. The molecule has 1 aromatic carbocycles. The van der Waals surface area contributed by atoms with Gasteiger partial charge in [0.15, 0.2) is 22.5 Å². The van der Waals surface area contributed by atoms with Gasteiger partial charge in [0.2, 0.25) is 11.9 Å². The second kappa shape index (κ2) is 11.1. The minimum Gasteiger partial charge on any atom is -0.756 e. The number of nitrogens with zero attached hydrogens (tertiary/aromatic N) is 3. The maximum atomic E-state index is 12.5. The second-order valence-electron chi connectivity index (χ2n) is 8.82. The molecule has 14 nitrogen and oxygen atoms in total. The van der Waals surface area contributed by atoms with Crippen LogP contribution >= 0.6 is 19.6 Å². The number of aromatic nitrogens is 4. The topological polar surface area (TPSA) is 207 Å². The summed E-state index contributed by atoms with van der Waals surface area (Å²) in [6, 6.07) is 9.62. The number of amides is 1. The van der Waals surface area contributed by atoms with Crippen LogP contribution in [0.25, 0.3) is 11.2 Å². The average molecular weight is 567 g/mol. The lowest BCUT2D eigenvalue weighted by atomic mass is 10.1. The maximum absolute atomic E-state index is 12.5. The zero-order valence-corrected chi connectivity index (χ0v) is 21.7. The van der Waals surface area contributed by atoms with Gasteiger partial charge in [0.1, 0.15) is 18.3 Å². The molecule has 2 aromatic heterocycles. The Morgan fingerprint density at radius 3 is 2.92 bits per heavy atom. The zero-order valence-electron chi connectivity index (χ0n) is 21.0. The van der Waals surface area contributed by atoms with Crippen LogP contribution in [0.2, 0.25) is 0 Å². The quantitative estimate of drug-likeness (QED) is 0.159. The van der Waals surface area contributed by atoms with Crippen LogP contribution in [0.3, 0.4) is 0 Å². The molecular formula is C22H27N6O8PS. The van der Waals surface area contributed by atoms with Gasteiger partial charge >= 0.3 is 1.43 Å². The number of hydrogen-bond donors (Lipinski definition) is 4. The van der Waals surface area contributed by atoms with Gasteiger partial charge in [-0.1, -0.05) is 42.1 Å². The Labute approximate surface area is 222 Å². The predicted octanol–water partition coefficient (Wildman–Crippen LogP) is 0.535. The first-order valence-electron chi connectivity index (χ1n) is 11.9. The number of aliphatic hydroxyl groups excluding tert-OH is 1. The lowest BCUT2D eigenvalue weighted by Crippen LogP contribution is -2.41. The third-order valence-corrected chi connectivity index (χ3v) is 8.12. The minimum atomic E-state index is -4.57. The molecule has 5 rings (SSSR count). The molecular weight excluding hydrogens is 539 g/mol. The van der Waals surface area contributed by atoms with Gasteiger partial charge < -0.3 is 34.8 Å². The highest BCUT2D eigenvalue weighted by Gasteiger charge is 2.51. The number of phosphoric acid groups is 1. The number of rotatable bonds is 9. The highest BCUT2D eigenvalue weighted by atomic mass is 32.2. The molecule has 5 atom stereocenters.